The van der Waals surface area contributed by atoms with Crippen molar-refractivity contribution in [2.75, 3.05) is 6.61 Å². The highest BCUT2D eigenvalue weighted by Gasteiger charge is 2.28. The van der Waals surface area contributed by atoms with Crippen molar-refractivity contribution in [3.05, 3.63) is 45.1 Å². The van der Waals surface area contributed by atoms with E-state index in [4.69, 9.17) is 5.14 Å². The summed E-state index contributed by atoms with van der Waals surface area (Å²) in [5.41, 5.74) is 1.98. The van der Waals surface area contributed by atoms with Crippen LogP contribution >= 0.6 is 11.3 Å². The van der Waals surface area contributed by atoms with E-state index in [2.05, 4.69) is 15.4 Å². The van der Waals surface area contributed by atoms with Crippen molar-refractivity contribution in [2.24, 2.45) is 9.50 Å². The second-order valence-electron chi connectivity index (χ2n) is 9.07. The molecule has 1 aromatic heterocycles. The number of hydrogen-bond donors (Lipinski definition) is 3. The van der Waals surface area contributed by atoms with Gasteiger partial charge in [-0.1, -0.05) is 27.7 Å². The second-order valence-corrected chi connectivity index (χ2v) is 12.1. The summed E-state index contributed by atoms with van der Waals surface area (Å²) in [6, 6.07) is 5.72. The first-order valence-electron chi connectivity index (χ1n) is 10.7. The summed E-state index contributed by atoms with van der Waals surface area (Å²) < 4.78 is 17.3. The number of carbonyl (C=O) groups excluding carboxylic acids is 1. The number of aliphatic hydroxyl groups excluding tert-OH is 1. The molecule has 1 amide bonds. The quantitative estimate of drug-likeness (QED) is 0.513. The number of rotatable bonds is 8. The molecule has 0 fully saturated rings. The summed E-state index contributed by atoms with van der Waals surface area (Å²) in [5, 5.41) is 35.3. The van der Waals surface area contributed by atoms with Crippen LogP contribution in [-0.2, 0) is 33.2 Å². The molecule has 0 spiro atoms. The van der Waals surface area contributed by atoms with Crippen molar-refractivity contribution in [1.29, 1.82) is 5.26 Å². The van der Waals surface area contributed by atoms with Crippen molar-refractivity contribution >= 4 is 27.2 Å². The van der Waals surface area contributed by atoms with Gasteiger partial charge in [-0.25, -0.2) is 14.3 Å². The first kappa shape index (κ1) is 27.1. The van der Waals surface area contributed by atoms with Gasteiger partial charge in [-0.15, -0.1) is 15.7 Å². The summed E-state index contributed by atoms with van der Waals surface area (Å²) in [6.45, 7) is 10.7. The molecule has 0 aliphatic heterocycles. The predicted octanol–water partition coefficient (Wildman–Crippen LogP) is 3.49. The van der Waals surface area contributed by atoms with Gasteiger partial charge in [0.1, 0.15) is 14.8 Å². The Labute approximate surface area is 199 Å². The maximum Gasteiger partial charge on any atom is 0.259 e. The van der Waals surface area contributed by atoms with E-state index >= 15 is 0 Å². The monoisotopic (exact) mass is 492 g/mol. The lowest BCUT2D eigenvalue weighted by molar-refractivity contribution is -0.117. The van der Waals surface area contributed by atoms with Crippen LogP contribution < -0.4 is 5.14 Å². The Balaban J connectivity index is 2.57. The lowest BCUT2D eigenvalue weighted by Gasteiger charge is -2.19. The van der Waals surface area contributed by atoms with Crippen molar-refractivity contribution in [2.45, 2.75) is 76.0 Å². The molecule has 33 heavy (non-hydrogen) atoms. The van der Waals surface area contributed by atoms with E-state index in [1.807, 2.05) is 27.7 Å². The fourth-order valence-corrected chi connectivity index (χ4v) is 6.09. The molecule has 1 heterocycles. The Bertz CT molecular complexity index is 1170. The van der Waals surface area contributed by atoms with Gasteiger partial charge in [-0.3, -0.25) is 4.79 Å². The average molecular weight is 493 g/mol. The van der Waals surface area contributed by atoms with Crippen molar-refractivity contribution in [1.82, 2.24) is 4.98 Å². The standard InChI is InChI=1S/C23H32N4O4S2/c1-13(2)16-9-15(12-24)10-17(14(3)4)18(16)11-20(29)27-33(25,31)21-19(7-8-28)26-22(32-21)23(5,6)30/h9-10,13-14,28,30H,7-8,11H2,1-6H3,(H2,25,27,29,31)/t33-/m0/s1. The number of carbonyl (C=O) groups is 1. The highest BCUT2D eigenvalue weighted by molar-refractivity contribution is 7.93. The highest BCUT2D eigenvalue weighted by Crippen LogP contribution is 2.33. The molecule has 0 bridgehead atoms. The van der Waals surface area contributed by atoms with Gasteiger partial charge in [-0.05, 0) is 54.5 Å². The minimum absolute atomic E-state index is 0.0628. The molecule has 2 aromatic rings. The zero-order valence-corrected chi connectivity index (χ0v) is 21.5. The lowest BCUT2D eigenvalue weighted by Crippen LogP contribution is -2.17. The summed E-state index contributed by atoms with van der Waals surface area (Å²) in [5.74, 6) is -0.523. The second kappa shape index (κ2) is 10.4. The van der Waals surface area contributed by atoms with Crippen LogP contribution in [0, 0.1) is 11.3 Å². The molecule has 0 radical (unpaired) electrons. The number of nitrogens with two attached hydrogens (primary N) is 1. The Morgan fingerprint density at radius 1 is 1.27 bits per heavy atom. The highest BCUT2D eigenvalue weighted by atomic mass is 32.2. The number of nitriles is 1. The molecular weight excluding hydrogens is 460 g/mol. The van der Waals surface area contributed by atoms with Crippen LogP contribution in [0.4, 0.5) is 0 Å². The number of aliphatic hydroxyl groups is 2. The van der Waals surface area contributed by atoms with Crippen molar-refractivity contribution in [3.63, 3.8) is 0 Å². The van der Waals surface area contributed by atoms with E-state index in [1.54, 1.807) is 12.1 Å². The maximum absolute atomic E-state index is 13.3. The first-order chi connectivity index (χ1) is 15.2. The van der Waals surface area contributed by atoms with E-state index in [-0.39, 0.29) is 46.2 Å². The van der Waals surface area contributed by atoms with Crippen LogP contribution in [0.5, 0.6) is 0 Å². The van der Waals surface area contributed by atoms with Gasteiger partial charge in [0.15, 0.2) is 9.92 Å². The Morgan fingerprint density at radius 3 is 2.24 bits per heavy atom. The summed E-state index contributed by atoms with van der Waals surface area (Å²) in [7, 11) is -3.64. The third kappa shape index (κ3) is 6.46. The van der Waals surface area contributed by atoms with Crippen LogP contribution in [0.25, 0.3) is 0 Å². The van der Waals surface area contributed by atoms with E-state index < -0.39 is 21.4 Å². The summed E-state index contributed by atoms with van der Waals surface area (Å²) in [4.78, 5) is 17.2. The number of benzene rings is 1. The van der Waals surface area contributed by atoms with Crippen LogP contribution in [0.1, 0.15) is 86.3 Å². The zero-order valence-electron chi connectivity index (χ0n) is 19.9. The molecule has 0 aliphatic rings. The molecule has 2 rings (SSSR count). The fraction of sp³-hybridized carbons (Fsp3) is 0.522. The van der Waals surface area contributed by atoms with Gasteiger partial charge >= 0.3 is 0 Å². The molecule has 1 atom stereocenters. The van der Waals surface area contributed by atoms with Crippen molar-refractivity contribution in [3.8, 4) is 6.07 Å². The first-order valence-corrected chi connectivity index (χ1v) is 13.1. The number of amides is 1. The largest absolute Gasteiger partial charge is 0.396 e. The van der Waals surface area contributed by atoms with E-state index in [1.165, 1.54) is 13.8 Å². The normalized spacial score (nSPS) is 13.8. The number of thiazole rings is 1. The average Bonchev–Trinajstić information content (AvgIpc) is 3.13. The molecule has 0 saturated carbocycles. The van der Waals surface area contributed by atoms with Crippen LogP contribution in [-0.4, -0.2) is 31.9 Å². The smallest absolute Gasteiger partial charge is 0.259 e. The number of aromatic nitrogens is 1. The van der Waals surface area contributed by atoms with Gasteiger partial charge in [0.2, 0.25) is 0 Å². The molecule has 0 saturated heterocycles. The summed E-state index contributed by atoms with van der Waals surface area (Å²) in [6.07, 6.45) is -0.0299. The molecular formula is C23H32N4O4S2. The van der Waals surface area contributed by atoms with E-state index in [9.17, 15) is 24.5 Å². The molecule has 10 heteroatoms. The van der Waals surface area contributed by atoms with E-state index in [0.717, 1.165) is 28.0 Å². The third-order valence-electron chi connectivity index (χ3n) is 5.06. The Kier molecular flexibility index (Phi) is 8.54. The van der Waals surface area contributed by atoms with Crippen LogP contribution in [0.3, 0.4) is 0 Å². The molecule has 1 aromatic carbocycles. The lowest BCUT2D eigenvalue weighted by atomic mass is 9.85. The maximum atomic E-state index is 13.3. The van der Waals surface area contributed by atoms with E-state index in [0.29, 0.717) is 5.56 Å². The minimum atomic E-state index is -3.64. The molecule has 0 aliphatic carbocycles. The minimum Gasteiger partial charge on any atom is -0.396 e. The van der Waals surface area contributed by atoms with Crippen LogP contribution in [0.2, 0.25) is 0 Å². The molecule has 180 valence electrons. The third-order valence-corrected chi connectivity index (χ3v) is 8.47. The number of nitrogens with zero attached hydrogens (tertiary/aromatic N) is 3. The molecule has 8 nitrogen and oxygen atoms in total. The predicted molar refractivity (Wildman–Crippen MR) is 129 cm³/mol. The number of hydrogen-bond acceptors (Lipinski definition) is 7. The summed E-state index contributed by atoms with van der Waals surface area (Å²) >= 11 is 0.928. The van der Waals surface area contributed by atoms with Gasteiger partial charge in [0.05, 0.1) is 23.7 Å². The fourth-order valence-electron chi connectivity index (χ4n) is 3.48. The van der Waals surface area contributed by atoms with Gasteiger partial charge in [-0.2, -0.15) is 5.26 Å². The molecule has 0 unspecified atom stereocenters. The van der Waals surface area contributed by atoms with Gasteiger partial charge < -0.3 is 10.2 Å². The van der Waals surface area contributed by atoms with Crippen LogP contribution in [0.15, 0.2) is 20.7 Å². The Morgan fingerprint density at radius 2 is 1.82 bits per heavy atom. The van der Waals surface area contributed by atoms with Gasteiger partial charge in [0, 0.05) is 13.0 Å². The van der Waals surface area contributed by atoms with Crippen molar-refractivity contribution < 1.29 is 19.2 Å². The Hall–Kier alpha value is -2.16. The molecule has 4 N–H and O–H groups in total. The topological polar surface area (TPSA) is 150 Å². The SMILES string of the molecule is CC(C)c1cc(C#N)cc(C(C)C)c1CC(=O)N=[S@](N)(=O)c1sc(C(C)(C)O)nc1CCO. The zero-order chi connectivity index (χ0) is 25.1. The van der Waals surface area contributed by atoms with Gasteiger partial charge in [0.25, 0.3) is 5.91 Å².